The van der Waals surface area contributed by atoms with Gasteiger partial charge in [-0.25, -0.2) is 4.79 Å². The maximum atomic E-state index is 12.8. The Labute approximate surface area is 221 Å². The second-order valence-electron chi connectivity index (χ2n) is 8.36. The summed E-state index contributed by atoms with van der Waals surface area (Å²) < 4.78 is 5.96. The Morgan fingerprint density at radius 2 is 1.69 bits per heavy atom. The minimum absolute atomic E-state index is 0.0919. The van der Waals surface area contributed by atoms with Crippen LogP contribution < -0.4 is 10.2 Å². The van der Waals surface area contributed by atoms with Gasteiger partial charge in [-0.05, 0) is 61.0 Å². The number of carbonyl (C=O) groups is 4. The number of benzene rings is 3. The third-order valence-electron chi connectivity index (χ3n) is 5.91. The van der Waals surface area contributed by atoms with Crippen molar-refractivity contribution >= 4 is 62.5 Å². The topological polar surface area (TPSA) is 92.8 Å². The summed E-state index contributed by atoms with van der Waals surface area (Å²) in [6.45, 7) is 1.71. The molecule has 0 aliphatic carbocycles. The summed E-state index contributed by atoms with van der Waals surface area (Å²) >= 11 is 9.48. The van der Waals surface area contributed by atoms with Crippen molar-refractivity contribution in [3.63, 3.8) is 0 Å². The Bertz CT molecular complexity index is 1320. The highest BCUT2D eigenvalue weighted by molar-refractivity contribution is 9.10. The van der Waals surface area contributed by atoms with Gasteiger partial charge in [0.15, 0.2) is 12.4 Å². The van der Waals surface area contributed by atoms with Crippen LogP contribution in [0.25, 0.3) is 0 Å². The molecule has 9 heteroatoms. The first-order chi connectivity index (χ1) is 17.2. The quantitative estimate of drug-likeness (QED) is 0.302. The van der Waals surface area contributed by atoms with Gasteiger partial charge < -0.3 is 15.0 Å². The fraction of sp³-hybridized carbons (Fsp3) is 0.185. The van der Waals surface area contributed by atoms with E-state index in [1.54, 1.807) is 53.4 Å². The maximum absolute atomic E-state index is 12.8. The van der Waals surface area contributed by atoms with E-state index >= 15 is 0 Å². The van der Waals surface area contributed by atoms with E-state index in [4.69, 9.17) is 16.3 Å². The Morgan fingerprint density at radius 3 is 2.39 bits per heavy atom. The summed E-state index contributed by atoms with van der Waals surface area (Å²) in [5.74, 6) is -1.91. The van der Waals surface area contributed by atoms with Crippen LogP contribution in [0.5, 0.6) is 0 Å². The molecule has 0 unspecified atom stereocenters. The lowest BCUT2D eigenvalue weighted by Crippen LogP contribution is -2.28. The summed E-state index contributed by atoms with van der Waals surface area (Å²) in [5.41, 5.74) is 2.65. The molecule has 0 bridgehead atoms. The second-order valence-corrected chi connectivity index (χ2v) is 9.69. The van der Waals surface area contributed by atoms with Gasteiger partial charge in [0.1, 0.15) is 0 Å². The number of halogens is 2. The molecule has 3 aromatic rings. The lowest BCUT2D eigenvalue weighted by molar-refractivity contribution is -0.122. The van der Waals surface area contributed by atoms with Gasteiger partial charge in [0.05, 0.1) is 11.5 Å². The fourth-order valence-corrected chi connectivity index (χ4v) is 4.31. The van der Waals surface area contributed by atoms with E-state index in [0.717, 1.165) is 10.0 Å². The van der Waals surface area contributed by atoms with Gasteiger partial charge >= 0.3 is 5.97 Å². The molecule has 0 spiro atoms. The Hall–Kier alpha value is -3.49. The second kappa shape index (κ2) is 11.1. The summed E-state index contributed by atoms with van der Waals surface area (Å²) in [5, 5.41) is 3.35. The van der Waals surface area contributed by atoms with Crippen LogP contribution >= 0.6 is 27.5 Å². The van der Waals surface area contributed by atoms with Crippen LogP contribution in [-0.4, -0.2) is 36.7 Å². The number of amides is 2. The first kappa shape index (κ1) is 25.6. The van der Waals surface area contributed by atoms with E-state index in [1.165, 1.54) is 12.1 Å². The molecule has 0 aromatic heterocycles. The largest absolute Gasteiger partial charge is 0.454 e. The molecule has 184 valence electrons. The number of ether oxygens (including phenoxy) is 1. The number of anilines is 2. The molecule has 1 aliphatic heterocycles. The van der Waals surface area contributed by atoms with E-state index < -0.39 is 11.9 Å². The number of rotatable bonds is 7. The van der Waals surface area contributed by atoms with Crippen LogP contribution in [-0.2, 0) is 14.3 Å². The van der Waals surface area contributed by atoms with Gasteiger partial charge in [-0.1, -0.05) is 45.7 Å². The standard InChI is InChI=1S/C27H22BrClN2O5/c1-16-22(29)3-2-4-23(16)31-14-19(13-25(31)33)26(34)30-21-11-7-18(8-12-21)27(35)36-15-24(32)17-5-9-20(28)10-6-17/h2-12,19H,13-15H2,1H3,(H,30,34)/t19-/m1/s1. The molecule has 4 rings (SSSR count). The van der Waals surface area contributed by atoms with Crippen molar-refractivity contribution in [1.29, 1.82) is 0 Å². The molecular formula is C27H22BrClN2O5. The third-order valence-corrected chi connectivity index (χ3v) is 6.85. The van der Waals surface area contributed by atoms with Crippen molar-refractivity contribution in [3.05, 3.63) is 92.9 Å². The molecule has 2 amide bonds. The number of hydrogen-bond donors (Lipinski definition) is 1. The minimum atomic E-state index is -0.646. The van der Waals surface area contributed by atoms with Gasteiger partial charge in [0.2, 0.25) is 11.8 Å². The van der Waals surface area contributed by atoms with Gasteiger partial charge in [0.25, 0.3) is 0 Å². The average Bonchev–Trinajstić information content (AvgIpc) is 3.26. The zero-order valence-electron chi connectivity index (χ0n) is 19.3. The predicted octanol–water partition coefficient (Wildman–Crippen LogP) is 5.44. The molecular weight excluding hydrogens is 548 g/mol. The molecule has 7 nitrogen and oxygen atoms in total. The number of hydrogen-bond acceptors (Lipinski definition) is 5. The number of carbonyl (C=O) groups excluding carboxylic acids is 4. The number of nitrogens with one attached hydrogen (secondary N) is 1. The van der Waals surface area contributed by atoms with Crippen molar-refractivity contribution in [2.45, 2.75) is 13.3 Å². The normalized spacial score (nSPS) is 15.0. The fourth-order valence-electron chi connectivity index (χ4n) is 3.87. The maximum Gasteiger partial charge on any atom is 0.338 e. The molecule has 0 saturated carbocycles. The lowest BCUT2D eigenvalue weighted by Gasteiger charge is -2.19. The molecule has 3 aromatic carbocycles. The minimum Gasteiger partial charge on any atom is -0.454 e. The van der Waals surface area contributed by atoms with Gasteiger partial charge in [-0.2, -0.15) is 0 Å². The molecule has 1 heterocycles. The third kappa shape index (κ3) is 5.83. The summed E-state index contributed by atoms with van der Waals surface area (Å²) in [6, 6.07) is 18.2. The molecule has 0 radical (unpaired) electrons. The molecule has 1 N–H and O–H groups in total. The van der Waals surface area contributed by atoms with Crippen molar-refractivity contribution in [3.8, 4) is 0 Å². The number of Topliss-reactive ketones (excluding diaryl/α,β-unsaturated/α-hetero) is 1. The van der Waals surface area contributed by atoms with E-state index in [1.807, 2.05) is 13.0 Å². The van der Waals surface area contributed by atoms with Crippen LogP contribution in [0.15, 0.2) is 71.2 Å². The van der Waals surface area contributed by atoms with Crippen molar-refractivity contribution in [1.82, 2.24) is 0 Å². The van der Waals surface area contributed by atoms with Gasteiger partial charge in [-0.3, -0.25) is 14.4 Å². The van der Waals surface area contributed by atoms with E-state index in [2.05, 4.69) is 21.2 Å². The number of esters is 1. The Morgan fingerprint density at radius 1 is 1.03 bits per heavy atom. The highest BCUT2D eigenvalue weighted by Crippen LogP contribution is 2.31. The van der Waals surface area contributed by atoms with Crippen LogP contribution in [0.3, 0.4) is 0 Å². The van der Waals surface area contributed by atoms with Crippen molar-refractivity contribution in [2.24, 2.45) is 5.92 Å². The number of ketones is 1. The van der Waals surface area contributed by atoms with E-state index in [9.17, 15) is 19.2 Å². The van der Waals surface area contributed by atoms with Crippen molar-refractivity contribution in [2.75, 3.05) is 23.4 Å². The molecule has 1 atom stereocenters. The first-order valence-electron chi connectivity index (χ1n) is 11.1. The van der Waals surface area contributed by atoms with Gasteiger partial charge in [0, 0.05) is 39.4 Å². The van der Waals surface area contributed by atoms with E-state index in [-0.39, 0.29) is 42.7 Å². The Kier molecular flexibility index (Phi) is 7.86. The molecule has 1 fully saturated rings. The smallest absolute Gasteiger partial charge is 0.338 e. The zero-order chi connectivity index (χ0) is 25.8. The lowest BCUT2D eigenvalue weighted by atomic mass is 10.1. The summed E-state index contributed by atoms with van der Waals surface area (Å²) in [7, 11) is 0. The highest BCUT2D eigenvalue weighted by Gasteiger charge is 2.36. The van der Waals surface area contributed by atoms with Crippen LogP contribution in [0.1, 0.15) is 32.7 Å². The average molecular weight is 570 g/mol. The van der Waals surface area contributed by atoms with Crippen molar-refractivity contribution < 1.29 is 23.9 Å². The summed E-state index contributed by atoms with van der Waals surface area (Å²) in [4.78, 5) is 51.4. The molecule has 1 saturated heterocycles. The SMILES string of the molecule is Cc1c(Cl)cccc1N1C[C@H](C(=O)Nc2ccc(C(=O)OCC(=O)c3ccc(Br)cc3)cc2)CC1=O. The highest BCUT2D eigenvalue weighted by atomic mass is 79.9. The van der Waals surface area contributed by atoms with Crippen LogP contribution in [0, 0.1) is 12.8 Å². The summed E-state index contributed by atoms with van der Waals surface area (Å²) in [6.07, 6.45) is 0.0919. The monoisotopic (exact) mass is 568 g/mol. The van der Waals surface area contributed by atoms with E-state index in [0.29, 0.717) is 22.0 Å². The Balaban J connectivity index is 1.32. The zero-order valence-corrected chi connectivity index (χ0v) is 21.6. The van der Waals surface area contributed by atoms with Gasteiger partial charge in [-0.15, -0.1) is 0 Å². The number of nitrogens with zero attached hydrogens (tertiary/aromatic N) is 1. The molecule has 1 aliphatic rings. The predicted molar refractivity (Wildman–Crippen MR) is 140 cm³/mol. The first-order valence-corrected chi connectivity index (χ1v) is 12.3. The van der Waals surface area contributed by atoms with Crippen LogP contribution in [0.2, 0.25) is 5.02 Å². The molecule has 36 heavy (non-hydrogen) atoms. The van der Waals surface area contributed by atoms with Crippen LogP contribution in [0.4, 0.5) is 11.4 Å².